The van der Waals surface area contributed by atoms with Gasteiger partial charge in [0.25, 0.3) is 0 Å². The molecule has 0 saturated carbocycles. The summed E-state index contributed by atoms with van der Waals surface area (Å²) in [5, 5.41) is 18.7. The third-order valence-electron chi connectivity index (χ3n) is 3.88. The Hall–Kier alpha value is -2.24. The minimum atomic E-state index is -3.99. The monoisotopic (exact) mass is 369 g/mol. The summed E-state index contributed by atoms with van der Waals surface area (Å²) in [5.41, 5.74) is -0.735. The summed E-state index contributed by atoms with van der Waals surface area (Å²) >= 11 is 1.09. The molecule has 2 atom stereocenters. The molecule has 3 rings (SSSR count). The molecule has 25 heavy (non-hydrogen) atoms. The highest BCUT2D eigenvalue weighted by Crippen LogP contribution is 2.57. The van der Waals surface area contributed by atoms with Gasteiger partial charge in [-0.25, -0.2) is 8.78 Å². The van der Waals surface area contributed by atoms with Gasteiger partial charge in [0.15, 0.2) is 6.17 Å². The van der Waals surface area contributed by atoms with Crippen LogP contribution < -0.4 is 4.74 Å². The van der Waals surface area contributed by atoms with Crippen molar-refractivity contribution in [1.29, 1.82) is 5.26 Å². The molecule has 0 aliphatic heterocycles. The molecule has 0 radical (unpaired) electrons. The first kappa shape index (κ1) is 17.6. The molecule has 0 heterocycles. The molecular formula is C17H11F4NO2S. The van der Waals surface area contributed by atoms with Crippen molar-refractivity contribution in [1.82, 2.24) is 0 Å². The lowest BCUT2D eigenvalue weighted by Crippen LogP contribution is -2.24. The van der Waals surface area contributed by atoms with E-state index < -0.39 is 29.6 Å². The van der Waals surface area contributed by atoms with E-state index in [0.717, 1.165) is 23.9 Å². The molecule has 3 nitrogen and oxygen atoms in total. The van der Waals surface area contributed by atoms with Crippen molar-refractivity contribution in [2.75, 3.05) is 6.26 Å². The van der Waals surface area contributed by atoms with Gasteiger partial charge >= 0.3 is 5.92 Å². The number of halogens is 4. The molecule has 130 valence electrons. The van der Waals surface area contributed by atoms with Crippen LogP contribution in [0.25, 0.3) is 0 Å². The molecular weight excluding hydrogens is 358 g/mol. The zero-order valence-corrected chi connectivity index (χ0v) is 13.6. The molecule has 1 unspecified atom stereocenters. The van der Waals surface area contributed by atoms with Crippen molar-refractivity contribution in [2.24, 2.45) is 0 Å². The predicted molar refractivity (Wildman–Crippen MR) is 83.2 cm³/mol. The van der Waals surface area contributed by atoms with Gasteiger partial charge in [0, 0.05) is 22.1 Å². The number of fused-ring (bicyclic) bond motifs is 1. The number of hydrogen-bond donors (Lipinski definition) is 1. The quantitative estimate of drug-likeness (QED) is 0.617. The zero-order valence-electron chi connectivity index (χ0n) is 12.8. The third-order valence-corrected chi connectivity index (χ3v) is 4.68. The van der Waals surface area contributed by atoms with Gasteiger partial charge in [0.1, 0.15) is 23.4 Å². The van der Waals surface area contributed by atoms with Crippen LogP contribution in [-0.2, 0) is 0 Å². The lowest BCUT2D eigenvalue weighted by molar-refractivity contribution is -0.143. The van der Waals surface area contributed by atoms with Gasteiger partial charge in [-0.3, -0.25) is 0 Å². The second-order valence-electron chi connectivity index (χ2n) is 5.42. The van der Waals surface area contributed by atoms with E-state index in [4.69, 9.17) is 10.00 Å². The molecule has 0 fully saturated rings. The van der Waals surface area contributed by atoms with Gasteiger partial charge in [-0.15, -0.1) is 11.8 Å². The second-order valence-corrected chi connectivity index (χ2v) is 6.27. The maximum Gasteiger partial charge on any atom is 0.312 e. The van der Waals surface area contributed by atoms with E-state index in [9.17, 15) is 22.7 Å². The van der Waals surface area contributed by atoms with Gasteiger partial charge in [0.05, 0.1) is 11.6 Å². The summed E-state index contributed by atoms with van der Waals surface area (Å²) in [6.45, 7) is 0. The van der Waals surface area contributed by atoms with Gasteiger partial charge in [-0.2, -0.15) is 14.0 Å². The smallest absolute Gasteiger partial charge is 0.312 e. The fourth-order valence-corrected chi connectivity index (χ4v) is 3.39. The first-order valence-electron chi connectivity index (χ1n) is 7.09. The van der Waals surface area contributed by atoms with Crippen LogP contribution >= 0.6 is 11.8 Å². The number of nitriles is 1. The molecule has 0 saturated heterocycles. The fraction of sp³-hybridized carbons (Fsp3) is 0.235. The summed E-state index contributed by atoms with van der Waals surface area (Å²) in [5.74, 6) is -5.14. The summed E-state index contributed by atoms with van der Waals surface area (Å²) in [6, 6.07) is 7.56. The average molecular weight is 369 g/mol. The highest BCUT2D eigenvalue weighted by atomic mass is 32.2. The molecule has 0 bridgehead atoms. The molecule has 2 aromatic carbocycles. The van der Waals surface area contributed by atoms with Gasteiger partial charge < -0.3 is 9.84 Å². The van der Waals surface area contributed by atoms with Crippen LogP contribution in [0.5, 0.6) is 11.5 Å². The maximum absolute atomic E-state index is 14.3. The standard InChI is InChI=1S/C17H11F4NO2S/c1-25-12-3-2-11(13-14(12)16(23)17(20,21)15(13)19)24-10-5-8(7-22)4-9(18)6-10/h2-6,15-16,23H,1H3/t15-,16?/m1/s1. The van der Waals surface area contributed by atoms with Gasteiger partial charge in [-0.05, 0) is 30.5 Å². The molecule has 1 aliphatic rings. The maximum atomic E-state index is 14.3. The highest BCUT2D eigenvalue weighted by Gasteiger charge is 2.58. The molecule has 0 amide bonds. The normalized spacial score (nSPS) is 20.8. The van der Waals surface area contributed by atoms with Crippen molar-refractivity contribution in [3.05, 3.63) is 52.8 Å². The Balaban J connectivity index is 2.12. The topological polar surface area (TPSA) is 53.2 Å². The van der Waals surface area contributed by atoms with Crippen LogP contribution in [0.4, 0.5) is 17.6 Å². The number of benzene rings is 2. The number of nitrogens with zero attached hydrogens (tertiary/aromatic N) is 1. The molecule has 0 spiro atoms. The van der Waals surface area contributed by atoms with Crippen LogP contribution in [0, 0.1) is 17.1 Å². The predicted octanol–water partition coefficient (Wildman–Crippen LogP) is 4.90. The Morgan fingerprint density at radius 2 is 1.96 bits per heavy atom. The van der Waals surface area contributed by atoms with E-state index in [0.29, 0.717) is 4.90 Å². The molecule has 1 aliphatic carbocycles. The van der Waals surface area contributed by atoms with Gasteiger partial charge in [-0.1, -0.05) is 0 Å². The Labute approximate surface area is 144 Å². The van der Waals surface area contributed by atoms with E-state index in [1.807, 2.05) is 0 Å². The van der Waals surface area contributed by atoms with E-state index in [-0.39, 0.29) is 22.6 Å². The van der Waals surface area contributed by atoms with Crippen molar-refractivity contribution in [2.45, 2.75) is 23.1 Å². The summed E-state index contributed by atoms with van der Waals surface area (Å²) in [6.07, 6.45) is -3.45. The number of aliphatic hydroxyl groups excluding tert-OH is 1. The van der Waals surface area contributed by atoms with E-state index in [1.54, 1.807) is 12.3 Å². The number of thioether (sulfide) groups is 1. The van der Waals surface area contributed by atoms with Crippen molar-refractivity contribution in [3.8, 4) is 17.6 Å². The number of rotatable bonds is 3. The van der Waals surface area contributed by atoms with Crippen molar-refractivity contribution >= 4 is 11.8 Å². The Morgan fingerprint density at radius 3 is 2.60 bits per heavy atom. The van der Waals surface area contributed by atoms with Crippen LogP contribution in [0.1, 0.15) is 29.0 Å². The fourth-order valence-electron chi connectivity index (χ4n) is 2.74. The summed E-state index contributed by atoms with van der Waals surface area (Å²) < 4.78 is 61.1. The molecule has 8 heteroatoms. The molecule has 2 aromatic rings. The Morgan fingerprint density at radius 1 is 1.24 bits per heavy atom. The summed E-state index contributed by atoms with van der Waals surface area (Å²) in [4.78, 5) is 0.298. The minimum absolute atomic E-state index is 0.0328. The Kier molecular flexibility index (Phi) is 4.39. The largest absolute Gasteiger partial charge is 0.457 e. The van der Waals surface area contributed by atoms with Gasteiger partial charge in [0.2, 0.25) is 0 Å². The number of alkyl halides is 3. The number of ether oxygens (including phenoxy) is 1. The average Bonchev–Trinajstić information content (AvgIpc) is 2.76. The van der Waals surface area contributed by atoms with Crippen LogP contribution in [0.2, 0.25) is 0 Å². The lowest BCUT2D eigenvalue weighted by atomic mass is 10.1. The van der Waals surface area contributed by atoms with Crippen molar-refractivity contribution in [3.63, 3.8) is 0 Å². The number of hydrogen-bond acceptors (Lipinski definition) is 4. The number of aliphatic hydroxyl groups is 1. The lowest BCUT2D eigenvalue weighted by Gasteiger charge is -2.16. The van der Waals surface area contributed by atoms with E-state index >= 15 is 0 Å². The first-order valence-corrected chi connectivity index (χ1v) is 8.31. The molecule has 0 aromatic heterocycles. The summed E-state index contributed by atoms with van der Waals surface area (Å²) in [7, 11) is 0. The van der Waals surface area contributed by atoms with Crippen LogP contribution in [0.15, 0.2) is 35.2 Å². The van der Waals surface area contributed by atoms with Crippen LogP contribution in [0.3, 0.4) is 0 Å². The Bertz CT molecular complexity index is 882. The van der Waals surface area contributed by atoms with Crippen molar-refractivity contribution < 1.29 is 27.4 Å². The van der Waals surface area contributed by atoms with E-state index in [1.165, 1.54) is 18.2 Å². The molecule has 1 N–H and O–H groups in total. The van der Waals surface area contributed by atoms with Crippen LogP contribution in [-0.4, -0.2) is 17.3 Å². The SMILES string of the molecule is CSc1ccc(Oc2cc(F)cc(C#N)c2)c2c1C(O)C(F)(F)[C@@H]2F. The van der Waals surface area contributed by atoms with E-state index in [2.05, 4.69) is 0 Å². The highest BCUT2D eigenvalue weighted by molar-refractivity contribution is 7.98. The second kappa shape index (κ2) is 6.24. The third kappa shape index (κ3) is 2.83. The first-order chi connectivity index (χ1) is 11.8. The zero-order chi connectivity index (χ0) is 18.4. The minimum Gasteiger partial charge on any atom is -0.457 e.